The van der Waals surface area contributed by atoms with E-state index in [0.29, 0.717) is 35.5 Å². The fourth-order valence-corrected chi connectivity index (χ4v) is 3.56. The van der Waals surface area contributed by atoms with Crippen LogP contribution in [-0.4, -0.2) is 54.0 Å². The van der Waals surface area contributed by atoms with Crippen LogP contribution in [0.4, 0.5) is 13.2 Å². The Morgan fingerprint density at radius 3 is 2.69 bits per heavy atom. The number of carbonyl (C=O) groups excluding carboxylic acids is 1. The molecule has 1 aliphatic heterocycles. The van der Waals surface area contributed by atoms with Gasteiger partial charge in [-0.05, 0) is 30.3 Å². The number of hydrogen-bond acceptors (Lipinski definition) is 5. The summed E-state index contributed by atoms with van der Waals surface area (Å²) in [5.74, 6) is 0.449. The fourth-order valence-electron chi connectivity index (χ4n) is 2.65. The van der Waals surface area contributed by atoms with Crippen LogP contribution in [-0.2, 0) is 15.7 Å². The number of carbonyl (C=O) groups is 1. The molecule has 0 bridgehead atoms. The normalized spacial score (nSPS) is 17.2. The first kappa shape index (κ1) is 21.7. The molecule has 29 heavy (non-hydrogen) atoms. The first-order chi connectivity index (χ1) is 13.8. The average Bonchev–Trinajstić information content (AvgIpc) is 2.71. The molecule has 0 spiro atoms. The lowest BCUT2D eigenvalue weighted by Gasteiger charge is -2.32. The van der Waals surface area contributed by atoms with Gasteiger partial charge < -0.3 is 14.4 Å². The second-order valence-corrected chi connectivity index (χ2v) is 7.75. The lowest BCUT2D eigenvalue weighted by Crippen LogP contribution is -2.48. The quantitative estimate of drug-likeness (QED) is 0.624. The lowest BCUT2D eigenvalue weighted by atomic mass is 10.2. The molecule has 1 aromatic heterocycles. The van der Waals surface area contributed by atoms with Crippen LogP contribution in [0.3, 0.4) is 0 Å². The fraction of sp³-hybridized carbons (Fsp3) is 0.368. The highest BCUT2D eigenvalue weighted by molar-refractivity contribution is 8.00. The summed E-state index contributed by atoms with van der Waals surface area (Å²) in [6.07, 6.45) is -3.18. The van der Waals surface area contributed by atoms with Gasteiger partial charge in [0.2, 0.25) is 11.8 Å². The van der Waals surface area contributed by atoms with Crippen molar-refractivity contribution in [3.8, 4) is 5.88 Å². The van der Waals surface area contributed by atoms with Gasteiger partial charge in [-0.1, -0.05) is 11.6 Å². The summed E-state index contributed by atoms with van der Waals surface area (Å²) >= 11 is 6.98. The predicted octanol–water partition coefficient (Wildman–Crippen LogP) is 4.15. The molecule has 10 heteroatoms. The van der Waals surface area contributed by atoms with Gasteiger partial charge in [-0.3, -0.25) is 4.79 Å². The zero-order valence-electron chi connectivity index (χ0n) is 15.2. The molecule has 156 valence electrons. The Morgan fingerprint density at radius 1 is 1.28 bits per heavy atom. The number of morpholine rings is 1. The van der Waals surface area contributed by atoms with Crippen molar-refractivity contribution < 1.29 is 27.4 Å². The van der Waals surface area contributed by atoms with E-state index >= 15 is 0 Å². The lowest BCUT2D eigenvalue weighted by molar-refractivity contribution is -0.138. The van der Waals surface area contributed by atoms with Crippen LogP contribution in [0.25, 0.3) is 0 Å². The number of alkyl halides is 3. The van der Waals surface area contributed by atoms with Gasteiger partial charge in [0.05, 0.1) is 29.5 Å². The van der Waals surface area contributed by atoms with Crippen molar-refractivity contribution in [1.82, 2.24) is 9.88 Å². The van der Waals surface area contributed by atoms with Crippen LogP contribution >= 0.6 is 23.4 Å². The third kappa shape index (κ3) is 6.52. The van der Waals surface area contributed by atoms with Gasteiger partial charge in [-0.15, -0.1) is 11.8 Å². The molecule has 1 saturated heterocycles. The minimum Gasteiger partial charge on any atom is -0.475 e. The van der Waals surface area contributed by atoms with Crippen molar-refractivity contribution in [3.05, 3.63) is 53.2 Å². The minimum absolute atomic E-state index is 0.104. The topological polar surface area (TPSA) is 51.7 Å². The number of amides is 1. The number of aromatic nitrogens is 1. The number of hydrogen-bond donors (Lipinski definition) is 0. The van der Waals surface area contributed by atoms with Gasteiger partial charge in [0.15, 0.2) is 0 Å². The Labute approximate surface area is 175 Å². The van der Waals surface area contributed by atoms with Gasteiger partial charge in [0, 0.05) is 23.7 Å². The van der Waals surface area contributed by atoms with Crippen LogP contribution in [0.2, 0.25) is 5.02 Å². The second-order valence-electron chi connectivity index (χ2n) is 6.27. The van der Waals surface area contributed by atoms with Crippen molar-refractivity contribution in [2.24, 2.45) is 0 Å². The minimum atomic E-state index is -4.37. The zero-order valence-corrected chi connectivity index (χ0v) is 16.8. The molecule has 2 heterocycles. The van der Waals surface area contributed by atoms with Crippen molar-refractivity contribution in [2.75, 3.05) is 32.1 Å². The van der Waals surface area contributed by atoms with E-state index in [-0.39, 0.29) is 24.4 Å². The average molecular weight is 447 g/mol. The third-order valence-electron chi connectivity index (χ3n) is 4.15. The van der Waals surface area contributed by atoms with Crippen molar-refractivity contribution in [2.45, 2.75) is 17.2 Å². The molecule has 0 saturated carbocycles. The van der Waals surface area contributed by atoms with E-state index in [4.69, 9.17) is 21.1 Å². The van der Waals surface area contributed by atoms with E-state index in [1.807, 2.05) is 0 Å². The largest absolute Gasteiger partial charge is 0.475 e. The summed E-state index contributed by atoms with van der Waals surface area (Å²) in [4.78, 5) is 18.8. The van der Waals surface area contributed by atoms with Gasteiger partial charge in [-0.25, -0.2) is 4.98 Å². The van der Waals surface area contributed by atoms with Crippen molar-refractivity contribution in [1.29, 1.82) is 0 Å². The van der Waals surface area contributed by atoms with Gasteiger partial charge in [0.25, 0.3) is 0 Å². The SMILES string of the molecule is O=C(CSc1ccc(C(F)(F)F)cc1)N1CCOC(COc2ccc(Cl)cn2)C1. The summed E-state index contributed by atoms with van der Waals surface area (Å²) in [6, 6.07) is 8.08. The molecular formula is C19H18ClF3N2O3S. The Bertz CT molecular complexity index is 819. The first-order valence-electron chi connectivity index (χ1n) is 8.75. The maximum atomic E-state index is 12.6. The molecule has 1 aliphatic rings. The molecule has 3 rings (SSSR count). The molecule has 0 aliphatic carbocycles. The van der Waals surface area contributed by atoms with Gasteiger partial charge >= 0.3 is 6.18 Å². The van der Waals surface area contributed by atoms with Crippen LogP contribution in [0.5, 0.6) is 5.88 Å². The van der Waals surface area contributed by atoms with E-state index in [2.05, 4.69) is 4.98 Å². The highest BCUT2D eigenvalue weighted by Crippen LogP contribution is 2.30. The number of rotatable bonds is 6. The summed E-state index contributed by atoms with van der Waals surface area (Å²) in [5.41, 5.74) is -0.709. The predicted molar refractivity (Wildman–Crippen MR) is 103 cm³/mol. The Balaban J connectivity index is 1.46. The first-order valence-corrected chi connectivity index (χ1v) is 10.1. The monoisotopic (exact) mass is 446 g/mol. The van der Waals surface area contributed by atoms with Crippen LogP contribution in [0.1, 0.15) is 5.56 Å². The summed E-state index contributed by atoms with van der Waals surface area (Å²) in [7, 11) is 0. The number of pyridine rings is 1. The highest BCUT2D eigenvalue weighted by Gasteiger charge is 2.30. The number of thioether (sulfide) groups is 1. The van der Waals surface area contributed by atoms with E-state index in [9.17, 15) is 18.0 Å². The summed E-state index contributed by atoms with van der Waals surface area (Å²) < 4.78 is 49.0. The second kappa shape index (κ2) is 9.69. The van der Waals surface area contributed by atoms with Crippen LogP contribution < -0.4 is 4.74 Å². The zero-order chi connectivity index (χ0) is 20.9. The maximum absolute atomic E-state index is 12.6. The van der Waals surface area contributed by atoms with E-state index in [0.717, 1.165) is 12.1 Å². The molecule has 1 unspecified atom stereocenters. The Kier molecular flexibility index (Phi) is 7.26. The summed E-state index contributed by atoms with van der Waals surface area (Å²) in [5, 5.41) is 0.508. The Morgan fingerprint density at radius 2 is 2.03 bits per heavy atom. The van der Waals surface area contributed by atoms with E-state index < -0.39 is 11.7 Å². The Hall–Kier alpha value is -1.97. The number of halogens is 4. The van der Waals surface area contributed by atoms with Crippen LogP contribution in [0.15, 0.2) is 47.5 Å². The smallest absolute Gasteiger partial charge is 0.416 e. The van der Waals surface area contributed by atoms with Crippen LogP contribution in [0, 0.1) is 0 Å². The molecule has 2 aromatic rings. The molecule has 1 amide bonds. The maximum Gasteiger partial charge on any atom is 0.416 e. The third-order valence-corrected chi connectivity index (χ3v) is 5.37. The molecule has 1 fully saturated rings. The highest BCUT2D eigenvalue weighted by atomic mass is 35.5. The van der Waals surface area contributed by atoms with Gasteiger partial charge in [-0.2, -0.15) is 13.2 Å². The molecule has 1 aromatic carbocycles. The number of nitrogens with zero attached hydrogens (tertiary/aromatic N) is 2. The molecular weight excluding hydrogens is 429 g/mol. The molecule has 1 atom stereocenters. The van der Waals surface area contributed by atoms with Crippen molar-refractivity contribution in [3.63, 3.8) is 0 Å². The standard InChI is InChI=1S/C19H18ClF3N2O3S/c20-14-3-6-17(24-9-14)28-11-15-10-25(7-8-27-15)18(26)12-29-16-4-1-13(2-5-16)19(21,22)23/h1-6,9,15H,7-8,10-12H2. The molecule has 0 N–H and O–H groups in total. The van der Waals surface area contributed by atoms with Crippen molar-refractivity contribution >= 4 is 29.3 Å². The summed E-state index contributed by atoms with van der Waals surface area (Å²) in [6.45, 7) is 1.46. The van der Waals surface area contributed by atoms with E-state index in [1.165, 1.54) is 30.1 Å². The number of ether oxygens (including phenoxy) is 2. The van der Waals surface area contributed by atoms with Gasteiger partial charge in [0.1, 0.15) is 12.7 Å². The molecule has 0 radical (unpaired) electrons. The number of benzene rings is 1. The van der Waals surface area contributed by atoms with E-state index in [1.54, 1.807) is 17.0 Å². The molecule has 5 nitrogen and oxygen atoms in total.